The molecule has 0 fully saturated rings. The van der Waals surface area contributed by atoms with E-state index in [1.54, 1.807) is 30.5 Å². The predicted molar refractivity (Wildman–Crippen MR) is 116 cm³/mol. The van der Waals surface area contributed by atoms with Gasteiger partial charge in [-0.1, -0.05) is 0 Å². The summed E-state index contributed by atoms with van der Waals surface area (Å²) in [5, 5.41) is 16.9. The Morgan fingerprint density at radius 1 is 1.31 bits per heavy atom. The van der Waals surface area contributed by atoms with Gasteiger partial charge in [0.2, 0.25) is 0 Å². The van der Waals surface area contributed by atoms with Crippen LogP contribution in [0.4, 0.5) is 5.69 Å². The molecule has 4 rings (SSSR count). The summed E-state index contributed by atoms with van der Waals surface area (Å²) in [5.74, 6) is 0.716. The van der Waals surface area contributed by atoms with Gasteiger partial charge in [-0.2, -0.15) is 9.78 Å². The van der Waals surface area contributed by atoms with Gasteiger partial charge in [0.05, 0.1) is 17.9 Å². The molecule has 0 aliphatic carbocycles. The molecule has 1 N–H and O–H groups in total. The second-order valence-corrected chi connectivity index (χ2v) is 7.22. The molecule has 3 heterocycles. The number of nitrogens with zero attached hydrogens (tertiary/aromatic N) is 4. The molecule has 0 unspecified atom stereocenters. The number of fused-ring (bicyclic) bond motifs is 1. The van der Waals surface area contributed by atoms with E-state index < -0.39 is 0 Å². The van der Waals surface area contributed by atoms with E-state index in [4.69, 9.17) is 4.42 Å². The van der Waals surface area contributed by atoms with Crippen molar-refractivity contribution in [3.63, 3.8) is 0 Å². The van der Waals surface area contributed by atoms with Crippen LogP contribution in [0.25, 0.3) is 21.5 Å². The second kappa shape index (κ2) is 7.92. The molecule has 0 bridgehead atoms. The van der Waals surface area contributed by atoms with Crippen molar-refractivity contribution in [1.29, 1.82) is 0 Å². The van der Waals surface area contributed by atoms with E-state index >= 15 is 0 Å². The molecule has 0 saturated carbocycles. The molecule has 0 aliphatic rings. The number of rotatable bonds is 6. The lowest BCUT2D eigenvalue weighted by Crippen LogP contribution is -2.21. The topological polar surface area (TPSA) is 83.9 Å². The number of aromatic nitrogens is 2. The number of phenolic OH excluding ortho intramolecular Hbond substituents is 1. The molecule has 1 aromatic carbocycles. The van der Waals surface area contributed by atoms with Gasteiger partial charge in [-0.25, -0.2) is 4.98 Å². The number of furan rings is 1. The van der Waals surface area contributed by atoms with Crippen LogP contribution in [0.3, 0.4) is 0 Å². The van der Waals surface area contributed by atoms with Gasteiger partial charge in [-0.15, -0.1) is 11.3 Å². The summed E-state index contributed by atoms with van der Waals surface area (Å²) in [6.07, 6.45) is 4.40. The van der Waals surface area contributed by atoms with Gasteiger partial charge in [0.1, 0.15) is 22.7 Å². The van der Waals surface area contributed by atoms with Crippen LogP contribution in [0.15, 0.2) is 62.6 Å². The van der Waals surface area contributed by atoms with Gasteiger partial charge >= 0.3 is 0 Å². The number of aromatic hydroxyl groups is 1. The highest BCUT2D eigenvalue weighted by Gasteiger charge is 2.15. The molecular weight excluding hydrogens is 388 g/mol. The summed E-state index contributed by atoms with van der Waals surface area (Å²) >= 11 is 1.38. The first kappa shape index (κ1) is 18.9. The van der Waals surface area contributed by atoms with Gasteiger partial charge in [0, 0.05) is 41.4 Å². The molecule has 0 atom stereocenters. The first-order valence-electron chi connectivity index (χ1n) is 9.27. The third kappa shape index (κ3) is 3.54. The maximum Gasteiger partial charge on any atom is 0.283 e. The Bertz CT molecular complexity index is 1220. The Labute approximate surface area is 171 Å². The number of hydrogen-bond acceptors (Lipinski definition) is 7. The molecular formula is C21H20N4O3S. The van der Waals surface area contributed by atoms with Crippen molar-refractivity contribution in [3.8, 4) is 17.1 Å². The summed E-state index contributed by atoms with van der Waals surface area (Å²) in [6, 6.07) is 8.98. The SMILES string of the molecule is CCN(CC)c1ccc(/C=N/n2cnc3scc(-c4ccco4)c3c2=O)c(O)c1. The Kier molecular flexibility index (Phi) is 5.18. The molecule has 0 radical (unpaired) electrons. The van der Waals surface area contributed by atoms with Crippen LogP contribution >= 0.6 is 11.3 Å². The van der Waals surface area contributed by atoms with Crippen LogP contribution in [0, 0.1) is 0 Å². The summed E-state index contributed by atoms with van der Waals surface area (Å²) < 4.78 is 6.60. The van der Waals surface area contributed by atoms with E-state index in [0.29, 0.717) is 27.1 Å². The number of hydrogen-bond donors (Lipinski definition) is 1. The van der Waals surface area contributed by atoms with Crippen molar-refractivity contribution in [2.24, 2.45) is 5.10 Å². The number of anilines is 1. The van der Waals surface area contributed by atoms with Gasteiger partial charge in [0.25, 0.3) is 5.56 Å². The van der Waals surface area contributed by atoms with Crippen molar-refractivity contribution in [1.82, 2.24) is 9.66 Å². The van der Waals surface area contributed by atoms with E-state index in [1.165, 1.54) is 28.6 Å². The molecule has 148 valence electrons. The van der Waals surface area contributed by atoms with Crippen molar-refractivity contribution in [2.75, 3.05) is 18.0 Å². The van der Waals surface area contributed by atoms with E-state index in [2.05, 4.69) is 28.8 Å². The normalized spacial score (nSPS) is 11.5. The Hall–Kier alpha value is -3.39. The van der Waals surface area contributed by atoms with Crippen LogP contribution in [0.2, 0.25) is 0 Å². The second-order valence-electron chi connectivity index (χ2n) is 6.36. The Balaban J connectivity index is 1.70. The van der Waals surface area contributed by atoms with E-state index in [0.717, 1.165) is 18.8 Å². The van der Waals surface area contributed by atoms with Crippen molar-refractivity contribution >= 4 is 33.5 Å². The molecule has 8 heteroatoms. The molecule has 0 amide bonds. The summed E-state index contributed by atoms with van der Waals surface area (Å²) in [6.45, 7) is 5.83. The van der Waals surface area contributed by atoms with Gasteiger partial charge in [-0.3, -0.25) is 4.79 Å². The molecule has 4 aromatic rings. The lowest BCUT2D eigenvalue weighted by atomic mass is 10.2. The zero-order valence-electron chi connectivity index (χ0n) is 16.1. The summed E-state index contributed by atoms with van der Waals surface area (Å²) in [5.41, 5.74) is 1.86. The quantitative estimate of drug-likeness (QED) is 0.485. The minimum absolute atomic E-state index is 0.104. The largest absolute Gasteiger partial charge is 0.507 e. The van der Waals surface area contributed by atoms with Crippen LogP contribution in [0.5, 0.6) is 5.75 Å². The van der Waals surface area contributed by atoms with Crippen LogP contribution in [-0.2, 0) is 0 Å². The van der Waals surface area contributed by atoms with Crippen LogP contribution < -0.4 is 10.5 Å². The van der Waals surface area contributed by atoms with Gasteiger partial charge < -0.3 is 14.4 Å². The summed E-state index contributed by atoms with van der Waals surface area (Å²) in [7, 11) is 0. The van der Waals surface area contributed by atoms with Gasteiger partial charge in [0.15, 0.2) is 0 Å². The minimum atomic E-state index is -0.293. The highest BCUT2D eigenvalue weighted by Crippen LogP contribution is 2.30. The van der Waals surface area contributed by atoms with Crippen LogP contribution in [-0.4, -0.2) is 34.1 Å². The smallest absolute Gasteiger partial charge is 0.283 e. The summed E-state index contributed by atoms with van der Waals surface area (Å²) in [4.78, 5) is 20.0. The maximum absolute atomic E-state index is 12.9. The third-order valence-corrected chi connectivity index (χ3v) is 5.61. The molecule has 0 spiro atoms. The predicted octanol–water partition coefficient (Wildman–Crippen LogP) is 4.15. The monoisotopic (exact) mass is 408 g/mol. The Morgan fingerprint density at radius 2 is 2.14 bits per heavy atom. The third-order valence-electron chi connectivity index (χ3n) is 4.73. The minimum Gasteiger partial charge on any atom is -0.507 e. The lowest BCUT2D eigenvalue weighted by molar-refractivity contribution is 0.474. The molecule has 0 aliphatic heterocycles. The molecule has 29 heavy (non-hydrogen) atoms. The first-order chi connectivity index (χ1) is 14.1. The van der Waals surface area contributed by atoms with E-state index in [1.807, 2.05) is 11.4 Å². The number of thiophene rings is 1. The Morgan fingerprint density at radius 3 is 2.83 bits per heavy atom. The maximum atomic E-state index is 12.9. The standard InChI is InChI=1S/C21H20N4O3S/c1-3-24(4-2)15-8-7-14(17(26)10-15)11-23-25-13-22-20-19(21(25)27)16(12-29-20)18-6-5-9-28-18/h5-13,26H,3-4H2,1-2H3/b23-11+. The molecule has 0 saturated heterocycles. The number of phenols is 1. The zero-order chi connectivity index (χ0) is 20.4. The fourth-order valence-electron chi connectivity index (χ4n) is 3.17. The average molecular weight is 408 g/mol. The zero-order valence-corrected chi connectivity index (χ0v) is 16.9. The fourth-order valence-corrected chi connectivity index (χ4v) is 4.06. The van der Waals surface area contributed by atoms with Crippen molar-refractivity contribution < 1.29 is 9.52 Å². The van der Waals surface area contributed by atoms with E-state index in [-0.39, 0.29) is 11.3 Å². The molecule has 3 aromatic heterocycles. The fraction of sp³-hybridized carbons (Fsp3) is 0.190. The van der Waals surface area contributed by atoms with Crippen molar-refractivity contribution in [3.05, 3.63) is 64.2 Å². The highest BCUT2D eigenvalue weighted by molar-refractivity contribution is 7.17. The molecule has 7 nitrogen and oxygen atoms in total. The van der Waals surface area contributed by atoms with E-state index in [9.17, 15) is 9.90 Å². The average Bonchev–Trinajstić information content (AvgIpc) is 3.39. The van der Waals surface area contributed by atoms with Gasteiger partial charge in [-0.05, 0) is 38.1 Å². The first-order valence-corrected chi connectivity index (χ1v) is 10.1. The van der Waals surface area contributed by atoms with Crippen LogP contribution in [0.1, 0.15) is 19.4 Å². The van der Waals surface area contributed by atoms with Crippen molar-refractivity contribution in [2.45, 2.75) is 13.8 Å². The highest BCUT2D eigenvalue weighted by atomic mass is 32.1. The number of benzene rings is 1. The lowest BCUT2D eigenvalue weighted by Gasteiger charge is -2.21.